The first-order valence-electron chi connectivity index (χ1n) is 4.10. The number of nitrogens with zero attached hydrogens (tertiary/aromatic N) is 3. The summed E-state index contributed by atoms with van der Waals surface area (Å²) in [6.07, 6.45) is -9.39. The number of halogens is 6. The van der Waals surface area contributed by atoms with Crippen LogP contribution in [-0.2, 0) is 0 Å². The van der Waals surface area contributed by atoms with Crippen LogP contribution in [0.1, 0.15) is 6.92 Å². The fraction of sp³-hybridized carbons (Fsp3) is 0.714. The highest BCUT2D eigenvalue weighted by Crippen LogP contribution is 2.49. The summed E-state index contributed by atoms with van der Waals surface area (Å²) in [6, 6.07) is 0. The minimum atomic E-state index is -5.51. The third kappa shape index (κ3) is 1.63. The molecule has 0 aliphatic carbocycles. The third-order valence-corrected chi connectivity index (χ3v) is 2.08. The van der Waals surface area contributed by atoms with E-state index in [1.165, 1.54) is 6.92 Å². The fourth-order valence-corrected chi connectivity index (χ4v) is 1.25. The molecule has 0 N–H and O–H groups in total. The zero-order valence-electron chi connectivity index (χ0n) is 7.97. The molecule has 9 heteroatoms. The second kappa shape index (κ2) is 3.63. The summed E-state index contributed by atoms with van der Waals surface area (Å²) >= 11 is 0. The van der Waals surface area contributed by atoms with E-state index in [-0.39, 0.29) is 5.01 Å². The van der Waals surface area contributed by atoms with Gasteiger partial charge in [0, 0.05) is 6.20 Å². The highest BCUT2D eigenvalue weighted by atomic mass is 19.4. The molecule has 1 aliphatic rings. The molecule has 16 heavy (non-hydrogen) atoms. The summed E-state index contributed by atoms with van der Waals surface area (Å²) in [7, 11) is 0. The molecule has 0 fully saturated rings. The Kier molecular flexibility index (Phi) is 2.90. The molecule has 0 spiro atoms. The van der Waals surface area contributed by atoms with E-state index in [4.69, 9.17) is 0 Å². The van der Waals surface area contributed by atoms with E-state index in [0.29, 0.717) is 6.20 Å². The highest BCUT2D eigenvalue weighted by Gasteiger charge is 2.76. The molecule has 1 heterocycles. The van der Waals surface area contributed by atoms with Crippen LogP contribution in [0, 0.1) is 0 Å². The molecular formula is C7H7F6N3. The van der Waals surface area contributed by atoms with Crippen molar-refractivity contribution in [3.8, 4) is 0 Å². The van der Waals surface area contributed by atoms with Crippen LogP contribution in [0.25, 0.3) is 0 Å². The van der Waals surface area contributed by atoms with Crippen LogP contribution >= 0.6 is 0 Å². The van der Waals surface area contributed by atoms with E-state index < -0.39 is 24.4 Å². The van der Waals surface area contributed by atoms with Crippen LogP contribution in [0.5, 0.6) is 0 Å². The number of alkyl halides is 6. The summed E-state index contributed by atoms with van der Waals surface area (Å²) in [5.74, 6) is 0. The molecule has 0 saturated carbocycles. The lowest BCUT2D eigenvalue weighted by Crippen LogP contribution is -2.64. The average molecular weight is 247 g/mol. The monoisotopic (exact) mass is 247 g/mol. The number of hydrogen-bond acceptors (Lipinski definition) is 3. The summed E-state index contributed by atoms with van der Waals surface area (Å²) in [4.78, 5) is 0. The maximum Gasteiger partial charge on any atom is 0.424 e. The standard InChI is InChI=1S/C7H7F6N3/c1-2-3-16-5(4-14-15-16,6(8,9)10)7(11,12)13/h2-3H,4H2,1H3/b3-2-. The smallest absolute Gasteiger partial charge is 0.228 e. The van der Waals surface area contributed by atoms with Gasteiger partial charge in [-0.3, -0.25) is 0 Å². The molecule has 92 valence electrons. The molecule has 0 aromatic carbocycles. The van der Waals surface area contributed by atoms with Gasteiger partial charge in [0.25, 0.3) is 5.54 Å². The van der Waals surface area contributed by atoms with E-state index >= 15 is 0 Å². The SMILES string of the molecule is C/C=C\N1N=NCC1(C(F)(F)F)C(F)(F)F. The molecule has 3 nitrogen and oxygen atoms in total. The molecule has 0 radical (unpaired) electrons. The van der Waals surface area contributed by atoms with Crippen molar-refractivity contribution in [3.63, 3.8) is 0 Å². The Bertz CT molecular complexity index is 301. The third-order valence-electron chi connectivity index (χ3n) is 2.08. The van der Waals surface area contributed by atoms with Crippen molar-refractivity contribution in [2.24, 2.45) is 10.3 Å². The molecular weight excluding hydrogens is 240 g/mol. The van der Waals surface area contributed by atoms with Crippen molar-refractivity contribution in [2.75, 3.05) is 6.54 Å². The first-order valence-corrected chi connectivity index (χ1v) is 4.10. The van der Waals surface area contributed by atoms with Gasteiger partial charge >= 0.3 is 12.4 Å². The first-order chi connectivity index (χ1) is 7.17. The molecule has 1 aliphatic heterocycles. The molecule has 0 aromatic rings. The zero-order valence-corrected chi connectivity index (χ0v) is 7.97. The number of allylic oxidation sites excluding steroid dienone is 1. The lowest BCUT2D eigenvalue weighted by Gasteiger charge is -2.36. The van der Waals surface area contributed by atoms with Gasteiger partial charge in [0.1, 0.15) is 6.54 Å². The predicted octanol–water partition coefficient (Wildman–Crippen LogP) is 3.07. The maximum absolute atomic E-state index is 12.6. The van der Waals surface area contributed by atoms with Gasteiger partial charge in [-0.1, -0.05) is 11.3 Å². The van der Waals surface area contributed by atoms with E-state index in [1.807, 2.05) is 0 Å². The van der Waals surface area contributed by atoms with Crippen LogP contribution in [0.4, 0.5) is 26.3 Å². The van der Waals surface area contributed by atoms with E-state index in [1.54, 1.807) is 0 Å². The second-order valence-electron chi connectivity index (χ2n) is 3.07. The molecule has 0 atom stereocenters. The van der Waals surface area contributed by atoms with E-state index in [2.05, 4.69) is 10.3 Å². The van der Waals surface area contributed by atoms with Gasteiger partial charge in [0.05, 0.1) is 0 Å². The molecule has 0 saturated heterocycles. The summed E-state index contributed by atoms with van der Waals surface area (Å²) in [6.45, 7) is -0.199. The van der Waals surface area contributed by atoms with Crippen LogP contribution in [0.15, 0.2) is 22.6 Å². The quantitative estimate of drug-likeness (QED) is 0.654. The van der Waals surface area contributed by atoms with Gasteiger partial charge in [-0.25, -0.2) is 5.01 Å². The fourth-order valence-electron chi connectivity index (χ4n) is 1.25. The molecule has 0 amide bonds. The van der Waals surface area contributed by atoms with Crippen LogP contribution in [-0.4, -0.2) is 29.4 Å². The predicted molar refractivity (Wildman–Crippen MR) is 41.2 cm³/mol. The van der Waals surface area contributed by atoms with Crippen molar-refractivity contribution >= 4 is 0 Å². The van der Waals surface area contributed by atoms with Crippen molar-refractivity contribution in [1.29, 1.82) is 0 Å². The van der Waals surface area contributed by atoms with Gasteiger partial charge in [-0.2, -0.15) is 31.5 Å². The van der Waals surface area contributed by atoms with Gasteiger partial charge in [-0.15, -0.1) is 0 Å². The van der Waals surface area contributed by atoms with Gasteiger partial charge in [0.2, 0.25) is 0 Å². The minimum Gasteiger partial charge on any atom is -0.228 e. The van der Waals surface area contributed by atoms with Gasteiger partial charge < -0.3 is 0 Å². The lowest BCUT2D eigenvalue weighted by molar-refractivity contribution is -0.324. The minimum absolute atomic E-state index is 0.201. The van der Waals surface area contributed by atoms with Crippen molar-refractivity contribution in [3.05, 3.63) is 12.3 Å². The summed E-state index contributed by atoms with van der Waals surface area (Å²) < 4.78 is 75.4. The van der Waals surface area contributed by atoms with Crippen LogP contribution < -0.4 is 0 Å². The van der Waals surface area contributed by atoms with Gasteiger partial charge in [0.15, 0.2) is 0 Å². The second-order valence-corrected chi connectivity index (χ2v) is 3.07. The Labute approximate surface area is 86.4 Å². The Balaban J connectivity index is 3.27. The Morgan fingerprint density at radius 3 is 2.00 bits per heavy atom. The van der Waals surface area contributed by atoms with Crippen molar-refractivity contribution < 1.29 is 26.3 Å². The zero-order chi connectivity index (χ0) is 12.6. The Morgan fingerprint density at radius 1 is 1.12 bits per heavy atom. The molecule has 0 bridgehead atoms. The first kappa shape index (κ1) is 12.8. The summed E-state index contributed by atoms with van der Waals surface area (Å²) in [5, 5.41) is 5.47. The van der Waals surface area contributed by atoms with E-state index in [9.17, 15) is 26.3 Å². The summed E-state index contributed by atoms with van der Waals surface area (Å²) in [5.41, 5.74) is -4.05. The molecule has 0 aromatic heterocycles. The largest absolute Gasteiger partial charge is 0.424 e. The normalized spacial score (nSPS) is 21.1. The maximum atomic E-state index is 12.6. The Hall–Kier alpha value is -1.28. The van der Waals surface area contributed by atoms with Crippen molar-refractivity contribution in [1.82, 2.24) is 5.01 Å². The molecule has 0 unspecified atom stereocenters. The Morgan fingerprint density at radius 2 is 1.62 bits per heavy atom. The van der Waals surface area contributed by atoms with Crippen LogP contribution in [0.2, 0.25) is 0 Å². The molecule has 1 rings (SSSR count). The van der Waals surface area contributed by atoms with Gasteiger partial charge in [-0.05, 0) is 6.92 Å². The number of hydrogen-bond donors (Lipinski definition) is 0. The van der Waals surface area contributed by atoms with Crippen LogP contribution in [0.3, 0.4) is 0 Å². The highest BCUT2D eigenvalue weighted by molar-refractivity contribution is 5.09. The topological polar surface area (TPSA) is 28.0 Å². The number of rotatable bonds is 1. The van der Waals surface area contributed by atoms with E-state index in [0.717, 1.165) is 6.08 Å². The van der Waals surface area contributed by atoms with Crippen molar-refractivity contribution in [2.45, 2.75) is 24.8 Å². The average Bonchev–Trinajstić information content (AvgIpc) is 2.46. The lowest BCUT2D eigenvalue weighted by atomic mass is 9.98.